The molecular formula is C25H25Cl2N3O2S2. The van der Waals surface area contributed by atoms with Gasteiger partial charge in [0.05, 0.1) is 23.5 Å². The molecule has 178 valence electrons. The number of carbonyl (C=O) groups excluding carboxylic acids is 1. The number of halogens is 2. The van der Waals surface area contributed by atoms with Crippen molar-refractivity contribution in [3.05, 3.63) is 78.3 Å². The monoisotopic (exact) mass is 533 g/mol. The highest BCUT2D eigenvalue weighted by atomic mass is 35.5. The predicted octanol–water partition coefficient (Wildman–Crippen LogP) is 7.30. The Bertz CT molecular complexity index is 1260. The lowest BCUT2D eigenvalue weighted by atomic mass is 10.2. The molecule has 4 aromatic rings. The van der Waals surface area contributed by atoms with E-state index in [2.05, 4.69) is 35.2 Å². The standard InChI is InChI=1S/C25H25Cl2N3O2S2/c1-15(2)11-28-25(31)21-10-23(30(16(21)3)12-20-5-4-6-33-20)22-14-34-24(29-22)13-32-19-8-17(26)7-18(27)9-19/h4-10,14-15H,11-13H2,1-3H3,(H,28,31). The average Bonchev–Trinajstić information content (AvgIpc) is 3.52. The van der Waals surface area contributed by atoms with Crippen molar-refractivity contribution in [2.75, 3.05) is 6.54 Å². The van der Waals surface area contributed by atoms with E-state index in [4.69, 9.17) is 32.9 Å². The highest BCUT2D eigenvalue weighted by molar-refractivity contribution is 7.10. The van der Waals surface area contributed by atoms with Gasteiger partial charge in [-0.3, -0.25) is 4.79 Å². The molecule has 0 bridgehead atoms. The highest BCUT2D eigenvalue weighted by Crippen LogP contribution is 2.30. The van der Waals surface area contributed by atoms with Gasteiger partial charge in [-0.05, 0) is 48.6 Å². The summed E-state index contributed by atoms with van der Waals surface area (Å²) in [5.41, 5.74) is 3.32. The lowest BCUT2D eigenvalue weighted by Gasteiger charge is -2.10. The van der Waals surface area contributed by atoms with E-state index >= 15 is 0 Å². The van der Waals surface area contributed by atoms with Crippen molar-refractivity contribution in [3.63, 3.8) is 0 Å². The second-order valence-electron chi connectivity index (χ2n) is 8.32. The molecule has 3 aromatic heterocycles. The second-order valence-corrected chi connectivity index (χ2v) is 11.2. The molecule has 0 spiro atoms. The van der Waals surface area contributed by atoms with E-state index in [1.165, 1.54) is 16.2 Å². The van der Waals surface area contributed by atoms with Gasteiger partial charge < -0.3 is 14.6 Å². The third kappa shape index (κ3) is 6.02. The summed E-state index contributed by atoms with van der Waals surface area (Å²) >= 11 is 15.3. The molecule has 0 aliphatic rings. The summed E-state index contributed by atoms with van der Waals surface area (Å²) in [7, 11) is 0. The first kappa shape index (κ1) is 24.8. The summed E-state index contributed by atoms with van der Waals surface area (Å²) in [4.78, 5) is 18.9. The predicted molar refractivity (Wildman–Crippen MR) is 142 cm³/mol. The first-order chi connectivity index (χ1) is 16.3. The minimum atomic E-state index is -0.0611. The van der Waals surface area contributed by atoms with Gasteiger partial charge in [0.1, 0.15) is 17.4 Å². The van der Waals surface area contributed by atoms with E-state index in [0.29, 0.717) is 47.0 Å². The van der Waals surface area contributed by atoms with E-state index in [1.54, 1.807) is 29.5 Å². The highest BCUT2D eigenvalue weighted by Gasteiger charge is 2.21. The normalized spacial score (nSPS) is 11.2. The van der Waals surface area contributed by atoms with E-state index < -0.39 is 0 Å². The molecule has 0 saturated heterocycles. The number of amides is 1. The lowest BCUT2D eigenvalue weighted by molar-refractivity contribution is 0.0948. The molecule has 3 heterocycles. The van der Waals surface area contributed by atoms with Crippen LogP contribution in [0.1, 0.15) is 39.8 Å². The molecule has 5 nitrogen and oxygen atoms in total. The molecular weight excluding hydrogens is 509 g/mol. The number of carbonyl (C=O) groups is 1. The van der Waals surface area contributed by atoms with Crippen molar-refractivity contribution in [2.24, 2.45) is 5.92 Å². The van der Waals surface area contributed by atoms with Crippen LogP contribution >= 0.6 is 45.9 Å². The maximum absolute atomic E-state index is 12.9. The van der Waals surface area contributed by atoms with Crippen LogP contribution in [0.5, 0.6) is 5.75 Å². The summed E-state index contributed by atoms with van der Waals surface area (Å²) in [6.07, 6.45) is 0. The van der Waals surface area contributed by atoms with Gasteiger partial charge in [0.25, 0.3) is 5.91 Å². The number of benzene rings is 1. The number of aromatic nitrogens is 2. The number of ether oxygens (including phenoxy) is 1. The van der Waals surface area contributed by atoms with Gasteiger partial charge in [0.15, 0.2) is 0 Å². The molecule has 9 heteroatoms. The number of hydrogen-bond donors (Lipinski definition) is 1. The van der Waals surface area contributed by atoms with Gasteiger partial charge in [0.2, 0.25) is 0 Å². The van der Waals surface area contributed by atoms with Crippen molar-refractivity contribution in [3.8, 4) is 17.1 Å². The fourth-order valence-corrected chi connectivity index (χ4v) is 5.39. The van der Waals surface area contributed by atoms with Crippen molar-refractivity contribution in [1.29, 1.82) is 0 Å². The molecule has 34 heavy (non-hydrogen) atoms. The van der Waals surface area contributed by atoms with Crippen molar-refractivity contribution < 1.29 is 9.53 Å². The first-order valence-electron chi connectivity index (χ1n) is 10.8. The van der Waals surface area contributed by atoms with E-state index in [1.807, 2.05) is 24.4 Å². The molecule has 0 atom stereocenters. The van der Waals surface area contributed by atoms with Crippen molar-refractivity contribution >= 4 is 51.8 Å². The van der Waals surface area contributed by atoms with Crippen LogP contribution in [0.4, 0.5) is 0 Å². The van der Waals surface area contributed by atoms with Crippen molar-refractivity contribution in [2.45, 2.75) is 33.9 Å². The zero-order valence-corrected chi connectivity index (χ0v) is 22.2. The van der Waals surface area contributed by atoms with Gasteiger partial charge in [0, 0.05) is 32.5 Å². The Labute approximate surface area is 217 Å². The van der Waals surface area contributed by atoms with Crippen LogP contribution in [0.2, 0.25) is 10.0 Å². The van der Waals surface area contributed by atoms with Crippen LogP contribution in [0, 0.1) is 12.8 Å². The Morgan fingerprint density at radius 3 is 2.62 bits per heavy atom. The smallest absolute Gasteiger partial charge is 0.253 e. The first-order valence-corrected chi connectivity index (χ1v) is 13.4. The maximum atomic E-state index is 12.9. The third-order valence-corrected chi connectivity index (χ3v) is 7.31. The maximum Gasteiger partial charge on any atom is 0.253 e. The number of nitrogens with zero attached hydrogens (tertiary/aromatic N) is 2. The van der Waals surface area contributed by atoms with Crippen LogP contribution in [0.3, 0.4) is 0 Å². The lowest BCUT2D eigenvalue weighted by Crippen LogP contribution is -2.27. The van der Waals surface area contributed by atoms with Gasteiger partial charge in [-0.15, -0.1) is 22.7 Å². The fraction of sp³-hybridized carbons (Fsp3) is 0.280. The number of rotatable bonds is 9. The summed E-state index contributed by atoms with van der Waals surface area (Å²) in [6, 6.07) is 11.2. The van der Waals surface area contributed by atoms with Crippen LogP contribution in [-0.4, -0.2) is 22.0 Å². The zero-order chi connectivity index (χ0) is 24.2. The number of hydrogen-bond acceptors (Lipinski definition) is 5. The average molecular weight is 535 g/mol. The van der Waals surface area contributed by atoms with Crippen LogP contribution in [-0.2, 0) is 13.2 Å². The molecule has 0 fully saturated rings. The summed E-state index contributed by atoms with van der Waals surface area (Å²) in [6.45, 7) is 7.76. The SMILES string of the molecule is Cc1c(C(=O)NCC(C)C)cc(-c2csc(COc3cc(Cl)cc(Cl)c3)n2)n1Cc1cccs1. The Kier molecular flexibility index (Phi) is 7.99. The van der Waals surface area contributed by atoms with Crippen LogP contribution in [0.25, 0.3) is 11.4 Å². The van der Waals surface area contributed by atoms with Crippen molar-refractivity contribution in [1.82, 2.24) is 14.9 Å². The van der Waals surface area contributed by atoms with E-state index in [9.17, 15) is 4.79 Å². The Morgan fingerprint density at radius 2 is 1.94 bits per heavy atom. The second kappa shape index (κ2) is 11.0. The third-order valence-electron chi connectivity index (χ3n) is 5.19. The summed E-state index contributed by atoms with van der Waals surface area (Å²) in [5.74, 6) is 0.914. The largest absolute Gasteiger partial charge is 0.486 e. The molecule has 4 rings (SSSR count). The molecule has 1 amide bonds. The van der Waals surface area contributed by atoms with Gasteiger partial charge >= 0.3 is 0 Å². The molecule has 0 radical (unpaired) electrons. The molecule has 0 aliphatic heterocycles. The van der Waals surface area contributed by atoms with E-state index in [-0.39, 0.29) is 5.91 Å². The quantitative estimate of drug-likeness (QED) is 0.245. The molecule has 1 aromatic carbocycles. The van der Waals surface area contributed by atoms with E-state index in [0.717, 1.165) is 22.1 Å². The number of thiazole rings is 1. The number of thiophene rings is 1. The summed E-state index contributed by atoms with van der Waals surface area (Å²) in [5, 5.41) is 8.95. The summed E-state index contributed by atoms with van der Waals surface area (Å²) < 4.78 is 8.01. The Hall–Kier alpha value is -2.32. The van der Waals surface area contributed by atoms with Crippen LogP contribution < -0.4 is 10.1 Å². The molecule has 0 unspecified atom stereocenters. The van der Waals surface area contributed by atoms with Gasteiger partial charge in [-0.1, -0.05) is 43.1 Å². The van der Waals surface area contributed by atoms with Gasteiger partial charge in [-0.2, -0.15) is 0 Å². The Balaban J connectivity index is 1.60. The number of nitrogens with one attached hydrogen (secondary N) is 1. The minimum Gasteiger partial charge on any atom is -0.486 e. The fourth-order valence-electron chi connectivity index (χ4n) is 3.49. The van der Waals surface area contributed by atoms with Crippen LogP contribution in [0.15, 0.2) is 47.2 Å². The molecule has 1 N–H and O–H groups in total. The Morgan fingerprint density at radius 1 is 1.18 bits per heavy atom. The minimum absolute atomic E-state index is 0.0611. The molecule has 0 aliphatic carbocycles. The zero-order valence-electron chi connectivity index (χ0n) is 19.1. The van der Waals surface area contributed by atoms with Gasteiger partial charge in [-0.25, -0.2) is 4.98 Å². The topological polar surface area (TPSA) is 56.1 Å². The molecule has 0 saturated carbocycles.